The molecule has 0 aliphatic heterocycles. The number of nitrogens with zero attached hydrogens (tertiary/aromatic N) is 1. The molecule has 20 heavy (non-hydrogen) atoms. The molecular formula is C18H35NO. The Morgan fingerprint density at radius 3 is 2.35 bits per heavy atom. The van der Waals surface area contributed by atoms with Gasteiger partial charge in [0.2, 0.25) is 0 Å². The Balaban J connectivity index is 2.11. The molecule has 2 aliphatic rings. The van der Waals surface area contributed by atoms with E-state index in [0.29, 0.717) is 11.5 Å². The Bertz CT molecular complexity index is 298. The van der Waals surface area contributed by atoms with Crippen molar-refractivity contribution < 1.29 is 5.11 Å². The summed E-state index contributed by atoms with van der Waals surface area (Å²) in [6.45, 7) is 12.0. The minimum absolute atomic E-state index is 0.0672. The summed E-state index contributed by atoms with van der Waals surface area (Å²) in [5.74, 6) is 1.70. The van der Waals surface area contributed by atoms with Gasteiger partial charge in [0.05, 0.1) is 6.10 Å². The van der Waals surface area contributed by atoms with E-state index < -0.39 is 0 Å². The SMILES string of the molecule is CCCN(CC1CC1)C1CC(O)CCC1C(C)(C)CC. The monoisotopic (exact) mass is 281 g/mol. The van der Waals surface area contributed by atoms with Gasteiger partial charge in [0.15, 0.2) is 0 Å². The first-order valence-corrected chi connectivity index (χ1v) is 8.90. The highest BCUT2D eigenvalue weighted by atomic mass is 16.3. The van der Waals surface area contributed by atoms with E-state index in [1.165, 1.54) is 45.2 Å². The number of hydrogen-bond donors (Lipinski definition) is 1. The second-order valence-electron chi connectivity index (χ2n) is 7.92. The van der Waals surface area contributed by atoms with Crippen molar-refractivity contribution in [3.8, 4) is 0 Å². The van der Waals surface area contributed by atoms with E-state index >= 15 is 0 Å². The summed E-state index contributed by atoms with van der Waals surface area (Å²) in [6.07, 6.45) is 8.48. The minimum Gasteiger partial charge on any atom is -0.393 e. The lowest BCUT2D eigenvalue weighted by atomic mass is 9.66. The van der Waals surface area contributed by atoms with Crippen molar-refractivity contribution in [3.05, 3.63) is 0 Å². The third-order valence-corrected chi connectivity index (χ3v) is 5.87. The first kappa shape index (κ1) is 16.3. The molecule has 0 radical (unpaired) electrons. The van der Waals surface area contributed by atoms with Gasteiger partial charge in [-0.2, -0.15) is 0 Å². The summed E-state index contributed by atoms with van der Waals surface area (Å²) in [5.41, 5.74) is 0.403. The van der Waals surface area contributed by atoms with Gasteiger partial charge < -0.3 is 5.11 Å². The van der Waals surface area contributed by atoms with E-state index in [4.69, 9.17) is 0 Å². The molecule has 2 fully saturated rings. The molecule has 0 aromatic heterocycles. The normalized spacial score (nSPS) is 31.8. The summed E-state index contributed by atoms with van der Waals surface area (Å²) in [7, 11) is 0. The van der Waals surface area contributed by atoms with Gasteiger partial charge in [0, 0.05) is 12.6 Å². The molecular weight excluding hydrogens is 246 g/mol. The quantitative estimate of drug-likeness (QED) is 0.760. The van der Waals surface area contributed by atoms with Crippen LogP contribution in [0.25, 0.3) is 0 Å². The van der Waals surface area contributed by atoms with E-state index in [1.54, 1.807) is 0 Å². The minimum atomic E-state index is -0.0672. The van der Waals surface area contributed by atoms with Crippen LogP contribution >= 0.6 is 0 Å². The maximum absolute atomic E-state index is 10.2. The van der Waals surface area contributed by atoms with Gasteiger partial charge in [-0.05, 0) is 62.3 Å². The maximum atomic E-state index is 10.2. The Labute approximate surface area is 125 Å². The highest BCUT2D eigenvalue weighted by Gasteiger charge is 2.42. The molecule has 0 spiro atoms. The molecule has 3 unspecified atom stereocenters. The number of aliphatic hydroxyl groups excluding tert-OH is 1. The molecule has 3 atom stereocenters. The predicted octanol–water partition coefficient (Wildman–Crippen LogP) is 4.07. The zero-order chi connectivity index (χ0) is 14.8. The van der Waals surface area contributed by atoms with Crippen molar-refractivity contribution in [3.63, 3.8) is 0 Å². The Hall–Kier alpha value is -0.0800. The predicted molar refractivity (Wildman–Crippen MR) is 85.8 cm³/mol. The highest BCUT2D eigenvalue weighted by molar-refractivity contribution is 4.94. The van der Waals surface area contributed by atoms with Crippen LogP contribution in [0.3, 0.4) is 0 Å². The van der Waals surface area contributed by atoms with Crippen LogP contribution in [-0.4, -0.2) is 35.2 Å². The molecule has 0 amide bonds. The lowest BCUT2D eigenvalue weighted by molar-refractivity contribution is -0.0199. The third kappa shape index (κ3) is 3.98. The van der Waals surface area contributed by atoms with Gasteiger partial charge >= 0.3 is 0 Å². The number of rotatable bonds is 7. The first-order valence-electron chi connectivity index (χ1n) is 8.90. The topological polar surface area (TPSA) is 23.5 Å². The summed E-state index contributed by atoms with van der Waals surface area (Å²) >= 11 is 0. The molecule has 2 rings (SSSR count). The van der Waals surface area contributed by atoms with Crippen LogP contribution in [0, 0.1) is 17.3 Å². The number of aliphatic hydroxyl groups is 1. The van der Waals surface area contributed by atoms with Gasteiger partial charge in [0.1, 0.15) is 0 Å². The molecule has 0 bridgehead atoms. The van der Waals surface area contributed by atoms with Crippen LogP contribution in [0.15, 0.2) is 0 Å². The Morgan fingerprint density at radius 2 is 1.80 bits per heavy atom. The zero-order valence-electron chi connectivity index (χ0n) is 14.1. The molecule has 0 heterocycles. The van der Waals surface area contributed by atoms with Crippen molar-refractivity contribution >= 4 is 0 Å². The van der Waals surface area contributed by atoms with Crippen LogP contribution in [0.5, 0.6) is 0 Å². The fourth-order valence-corrected chi connectivity index (χ4v) is 4.01. The molecule has 2 aliphatic carbocycles. The van der Waals surface area contributed by atoms with Crippen molar-refractivity contribution in [1.82, 2.24) is 4.90 Å². The summed E-state index contributed by atoms with van der Waals surface area (Å²) in [5, 5.41) is 10.2. The Morgan fingerprint density at radius 1 is 1.10 bits per heavy atom. The van der Waals surface area contributed by atoms with Crippen molar-refractivity contribution in [2.45, 2.75) is 84.8 Å². The first-order chi connectivity index (χ1) is 9.47. The Kier molecular flexibility index (Phi) is 5.53. The highest BCUT2D eigenvalue weighted by Crippen LogP contribution is 2.43. The van der Waals surface area contributed by atoms with Gasteiger partial charge in [-0.1, -0.05) is 34.1 Å². The second kappa shape index (κ2) is 6.79. The zero-order valence-corrected chi connectivity index (χ0v) is 14.1. The molecule has 2 heteroatoms. The van der Waals surface area contributed by atoms with Crippen molar-refractivity contribution in [1.29, 1.82) is 0 Å². The van der Waals surface area contributed by atoms with Crippen LogP contribution < -0.4 is 0 Å². The van der Waals surface area contributed by atoms with Gasteiger partial charge in [-0.3, -0.25) is 4.90 Å². The van der Waals surface area contributed by atoms with Crippen LogP contribution in [0.2, 0.25) is 0 Å². The molecule has 2 saturated carbocycles. The maximum Gasteiger partial charge on any atom is 0.0555 e. The average Bonchev–Trinajstić information content (AvgIpc) is 3.22. The van der Waals surface area contributed by atoms with E-state index in [1.807, 2.05) is 0 Å². The standard InChI is InChI=1S/C18H35NO/c1-5-11-19(13-14-7-8-14)17-12-15(20)9-10-16(17)18(3,4)6-2/h14-17,20H,5-13H2,1-4H3. The van der Waals surface area contributed by atoms with Crippen molar-refractivity contribution in [2.75, 3.05) is 13.1 Å². The molecule has 0 aromatic carbocycles. The van der Waals surface area contributed by atoms with Crippen LogP contribution in [-0.2, 0) is 0 Å². The van der Waals surface area contributed by atoms with E-state index in [-0.39, 0.29) is 6.10 Å². The van der Waals surface area contributed by atoms with E-state index in [0.717, 1.165) is 24.7 Å². The summed E-state index contributed by atoms with van der Waals surface area (Å²) in [4.78, 5) is 2.74. The molecule has 0 saturated heterocycles. The average molecular weight is 281 g/mol. The summed E-state index contributed by atoms with van der Waals surface area (Å²) < 4.78 is 0. The molecule has 0 aromatic rings. The smallest absolute Gasteiger partial charge is 0.0555 e. The van der Waals surface area contributed by atoms with E-state index in [9.17, 15) is 5.11 Å². The lowest BCUT2D eigenvalue weighted by Gasteiger charge is -2.48. The summed E-state index contributed by atoms with van der Waals surface area (Å²) in [6, 6.07) is 0.606. The van der Waals surface area contributed by atoms with Crippen molar-refractivity contribution in [2.24, 2.45) is 17.3 Å². The van der Waals surface area contributed by atoms with Gasteiger partial charge in [0.25, 0.3) is 0 Å². The third-order valence-electron chi connectivity index (χ3n) is 5.87. The number of hydrogen-bond acceptors (Lipinski definition) is 2. The molecule has 2 nitrogen and oxygen atoms in total. The van der Waals surface area contributed by atoms with E-state index in [2.05, 4.69) is 32.6 Å². The fraction of sp³-hybridized carbons (Fsp3) is 1.00. The van der Waals surface area contributed by atoms with Crippen LogP contribution in [0.4, 0.5) is 0 Å². The van der Waals surface area contributed by atoms with Crippen LogP contribution in [0.1, 0.15) is 72.6 Å². The molecule has 118 valence electrons. The molecule has 1 N–H and O–H groups in total. The lowest BCUT2D eigenvalue weighted by Crippen LogP contribution is -2.51. The second-order valence-corrected chi connectivity index (χ2v) is 7.92. The fourth-order valence-electron chi connectivity index (χ4n) is 4.01. The van der Waals surface area contributed by atoms with Gasteiger partial charge in [-0.15, -0.1) is 0 Å². The van der Waals surface area contributed by atoms with Gasteiger partial charge in [-0.25, -0.2) is 0 Å². The largest absolute Gasteiger partial charge is 0.393 e.